The van der Waals surface area contributed by atoms with Crippen molar-refractivity contribution in [3.8, 4) is 17.1 Å². The predicted molar refractivity (Wildman–Crippen MR) is 90.9 cm³/mol. The molecule has 1 amide bonds. The van der Waals surface area contributed by atoms with Crippen LogP contribution in [0, 0.1) is 5.82 Å². The lowest BCUT2D eigenvalue weighted by atomic mass is 10.1. The normalized spacial score (nSPS) is 10.5. The smallest absolute Gasteiger partial charge is 0.271 e. The first-order valence-corrected chi connectivity index (χ1v) is 8.09. The van der Waals surface area contributed by atoms with Crippen molar-refractivity contribution in [1.82, 2.24) is 20.4 Å². The Morgan fingerprint density at radius 1 is 1.23 bits per heavy atom. The third kappa shape index (κ3) is 4.21. The van der Waals surface area contributed by atoms with Gasteiger partial charge in [-0.05, 0) is 30.7 Å². The monoisotopic (exact) mass is 356 g/mol. The molecule has 0 aliphatic heterocycles. The fourth-order valence-corrected chi connectivity index (χ4v) is 2.19. The summed E-state index contributed by atoms with van der Waals surface area (Å²) in [6, 6.07) is 5.92. The van der Waals surface area contributed by atoms with Crippen LogP contribution in [0.25, 0.3) is 11.3 Å². The maximum Gasteiger partial charge on any atom is 0.271 e. The number of rotatable bonds is 7. The fourth-order valence-electron chi connectivity index (χ4n) is 2.19. The first-order valence-electron chi connectivity index (χ1n) is 8.09. The minimum Gasteiger partial charge on any atom is -0.471 e. The number of nitrogens with zero attached hydrogens (tertiary/aromatic N) is 3. The molecule has 0 spiro atoms. The number of benzene rings is 1. The molecule has 1 N–H and O–H groups in total. The van der Waals surface area contributed by atoms with Gasteiger partial charge in [-0.1, -0.05) is 12.1 Å². The van der Waals surface area contributed by atoms with Crippen molar-refractivity contribution < 1.29 is 18.4 Å². The van der Waals surface area contributed by atoms with E-state index in [0.717, 1.165) is 6.42 Å². The zero-order chi connectivity index (χ0) is 18.4. The molecule has 2 heterocycles. The summed E-state index contributed by atoms with van der Waals surface area (Å²) in [5, 5.41) is 6.65. The number of amides is 1. The third-order valence-corrected chi connectivity index (χ3v) is 3.53. The molecule has 2 aromatic heterocycles. The quantitative estimate of drug-likeness (QED) is 0.700. The Morgan fingerprint density at radius 2 is 2.04 bits per heavy atom. The number of hydrogen-bond donors (Lipinski definition) is 1. The van der Waals surface area contributed by atoms with Gasteiger partial charge < -0.3 is 14.6 Å². The zero-order valence-corrected chi connectivity index (χ0v) is 14.1. The molecule has 3 aromatic rings. The summed E-state index contributed by atoms with van der Waals surface area (Å²) in [7, 11) is 0. The second-order valence-electron chi connectivity index (χ2n) is 5.48. The van der Waals surface area contributed by atoms with Crippen molar-refractivity contribution >= 4 is 5.91 Å². The van der Waals surface area contributed by atoms with Crippen LogP contribution in [0.2, 0.25) is 0 Å². The van der Waals surface area contributed by atoms with E-state index in [4.69, 9.17) is 9.26 Å². The lowest BCUT2D eigenvalue weighted by Gasteiger charge is -2.06. The number of halogens is 1. The van der Waals surface area contributed by atoms with Crippen LogP contribution in [0.5, 0.6) is 5.88 Å². The molecule has 8 heteroatoms. The van der Waals surface area contributed by atoms with Gasteiger partial charge in [0.05, 0.1) is 18.0 Å². The Hall–Kier alpha value is -3.29. The number of carbonyl (C=O) groups excluding carboxylic acids is 1. The van der Waals surface area contributed by atoms with Gasteiger partial charge in [-0.2, -0.15) is 0 Å². The van der Waals surface area contributed by atoms with Gasteiger partial charge in [-0.15, -0.1) is 0 Å². The van der Waals surface area contributed by atoms with E-state index in [0.29, 0.717) is 23.4 Å². The van der Waals surface area contributed by atoms with Gasteiger partial charge in [-0.3, -0.25) is 4.79 Å². The summed E-state index contributed by atoms with van der Waals surface area (Å²) < 4.78 is 23.6. The summed E-state index contributed by atoms with van der Waals surface area (Å²) in [5.74, 6) is -0.333. The molecular weight excluding hydrogens is 339 g/mol. The highest BCUT2D eigenvalue weighted by molar-refractivity contribution is 5.91. The Bertz CT molecular complexity index is 863. The highest BCUT2D eigenvalue weighted by Gasteiger charge is 2.12. The van der Waals surface area contributed by atoms with E-state index in [1.165, 1.54) is 30.8 Å². The second-order valence-corrected chi connectivity index (χ2v) is 5.48. The maximum absolute atomic E-state index is 13.0. The van der Waals surface area contributed by atoms with Crippen molar-refractivity contribution in [2.24, 2.45) is 0 Å². The number of hydrogen-bond acceptors (Lipinski definition) is 6. The Morgan fingerprint density at radius 3 is 2.73 bits per heavy atom. The Labute approximate surface area is 149 Å². The van der Waals surface area contributed by atoms with Gasteiger partial charge in [0.2, 0.25) is 5.88 Å². The van der Waals surface area contributed by atoms with Crippen LogP contribution >= 0.6 is 0 Å². The van der Waals surface area contributed by atoms with E-state index >= 15 is 0 Å². The summed E-state index contributed by atoms with van der Waals surface area (Å²) in [5.41, 5.74) is 2.19. The van der Waals surface area contributed by atoms with Gasteiger partial charge in [-0.25, -0.2) is 14.4 Å². The number of aromatic nitrogens is 3. The maximum atomic E-state index is 13.0. The molecule has 1 aromatic carbocycles. The predicted octanol–water partition coefficient (Wildman–Crippen LogP) is 2.99. The number of carbonyl (C=O) groups is 1. The topological polar surface area (TPSA) is 90.1 Å². The average molecular weight is 356 g/mol. The molecule has 0 bridgehead atoms. The van der Waals surface area contributed by atoms with Gasteiger partial charge in [0.15, 0.2) is 0 Å². The highest BCUT2D eigenvalue weighted by Crippen LogP contribution is 2.23. The Kier molecular flexibility index (Phi) is 5.52. The van der Waals surface area contributed by atoms with Gasteiger partial charge in [0, 0.05) is 12.1 Å². The van der Waals surface area contributed by atoms with Gasteiger partial charge >= 0.3 is 0 Å². The molecule has 0 aliphatic rings. The molecule has 0 atom stereocenters. The molecule has 0 unspecified atom stereocenters. The van der Waals surface area contributed by atoms with Crippen LogP contribution in [0.3, 0.4) is 0 Å². The molecule has 0 saturated carbocycles. The van der Waals surface area contributed by atoms with E-state index in [1.54, 1.807) is 12.1 Å². The molecule has 0 saturated heterocycles. The standard InChI is InChI=1S/C18H17FN4O3/c1-2-7-20-18(24)15-8-22-16(9-21-15)25-10-13-11-26-23-17(13)12-3-5-14(19)6-4-12/h3-6,8-9,11H,2,7,10H2,1H3,(H,20,24). The van der Waals surface area contributed by atoms with E-state index in [-0.39, 0.29) is 29.9 Å². The van der Waals surface area contributed by atoms with E-state index < -0.39 is 0 Å². The molecule has 26 heavy (non-hydrogen) atoms. The van der Waals surface area contributed by atoms with Crippen molar-refractivity contribution in [2.75, 3.05) is 6.54 Å². The number of nitrogens with one attached hydrogen (secondary N) is 1. The van der Waals surface area contributed by atoms with E-state index in [1.807, 2.05) is 6.92 Å². The Balaban J connectivity index is 1.64. The third-order valence-electron chi connectivity index (χ3n) is 3.53. The highest BCUT2D eigenvalue weighted by atomic mass is 19.1. The largest absolute Gasteiger partial charge is 0.471 e. The zero-order valence-electron chi connectivity index (χ0n) is 14.1. The first kappa shape index (κ1) is 17.5. The molecule has 0 radical (unpaired) electrons. The second kappa shape index (κ2) is 8.19. The van der Waals surface area contributed by atoms with Crippen LogP contribution in [-0.4, -0.2) is 27.6 Å². The number of ether oxygens (including phenoxy) is 1. The van der Waals surface area contributed by atoms with Gasteiger partial charge in [0.25, 0.3) is 5.91 Å². The molecular formula is C18H17FN4O3. The molecule has 0 aliphatic carbocycles. The first-order chi connectivity index (χ1) is 12.7. The SMILES string of the molecule is CCCNC(=O)c1cnc(OCc2conc2-c2ccc(F)cc2)cn1. The summed E-state index contributed by atoms with van der Waals surface area (Å²) in [6.45, 7) is 2.69. The summed E-state index contributed by atoms with van der Waals surface area (Å²) in [6.07, 6.45) is 5.04. The van der Waals surface area contributed by atoms with E-state index in [2.05, 4.69) is 20.4 Å². The minimum absolute atomic E-state index is 0.145. The van der Waals surface area contributed by atoms with Crippen LogP contribution in [0.4, 0.5) is 4.39 Å². The van der Waals surface area contributed by atoms with Crippen molar-refractivity contribution in [2.45, 2.75) is 20.0 Å². The van der Waals surface area contributed by atoms with Crippen molar-refractivity contribution in [1.29, 1.82) is 0 Å². The summed E-state index contributed by atoms with van der Waals surface area (Å²) >= 11 is 0. The van der Waals surface area contributed by atoms with Crippen LogP contribution in [0.15, 0.2) is 47.4 Å². The van der Waals surface area contributed by atoms with Crippen LogP contribution in [0.1, 0.15) is 29.4 Å². The molecule has 7 nitrogen and oxygen atoms in total. The molecule has 0 fully saturated rings. The van der Waals surface area contributed by atoms with Crippen molar-refractivity contribution in [3.05, 3.63) is 60.0 Å². The van der Waals surface area contributed by atoms with Crippen molar-refractivity contribution in [3.63, 3.8) is 0 Å². The lowest BCUT2D eigenvalue weighted by molar-refractivity contribution is 0.0948. The summed E-state index contributed by atoms with van der Waals surface area (Å²) in [4.78, 5) is 19.9. The lowest BCUT2D eigenvalue weighted by Crippen LogP contribution is -2.25. The van der Waals surface area contributed by atoms with E-state index in [9.17, 15) is 9.18 Å². The fraction of sp³-hybridized carbons (Fsp3) is 0.222. The van der Waals surface area contributed by atoms with Crippen LogP contribution < -0.4 is 10.1 Å². The minimum atomic E-state index is -0.326. The average Bonchev–Trinajstić information content (AvgIpc) is 3.14. The van der Waals surface area contributed by atoms with Crippen LogP contribution in [-0.2, 0) is 6.61 Å². The van der Waals surface area contributed by atoms with Gasteiger partial charge in [0.1, 0.15) is 30.1 Å². The molecule has 3 rings (SSSR count). The molecule has 134 valence electrons.